The Bertz CT molecular complexity index is 149. The number of carbonyl (C=O) groups is 1. The molecule has 4 heteroatoms. The molecule has 2 N–H and O–H groups in total. The molecule has 0 aromatic rings. The molecule has 4 nitrogen and oxygen atoms in total. The lowest BCUT2D eigenvalue weighted by molar-refractivity contribution is -0.133. The second-order valence-corrected chi connectivity index (χ2v) is 2.69. The van der Waals surface area contributed by atoms with E-state index in [1.165, 1.54) is 0 Å². The van der Waals surface area contributed by atoms with Gasteiger partial charge in [-0.1, -0.05) is 0 Å². The molecule has 11 heavy (non-hydrogen) atoms. The first kappa shape index (κ1) is 8.49. The van der Waals surface area contributed by atoms with E-state index in [4.69, 9.17) is 5.11 Å². The summed E-state index contributed by atoms with van der Waals surface area (Å²) in [6.45, 7) is 3.77. The average Bonchev–Trinajstić information content (AvgIpc) is 2.05. The summed E-state index contributed by atoms with van der Waals surface area (Å²) < 4.78 is 0. The predicted molar refractivity (Wildman–Crippen MR) is 41.1 cm³/mol. The maximum absolute atomic E-state index is 11.1. The molecule has 1 aliphatic rings. The summed E-state index contributed by atoms with van der Waals surface area (Å²) in [5.74, 6) is 0.122. The van der Waals surface area contributed by atoms with Crippen molar-refractivity contribution in [3.05, 3.63) is 0 Å². The van der Waals surface area contributed by atoms with Gasteiger partial charge in [0.15, 0.2) is 0 Å². The smallest absolute Gasteiger partial charge is 0.236 e. The monoisotopic (exact) mass is 158 g/mol. The number of aliphatic hydroxyl groups is 1. The molecular weight excluding hydrogens is 144 g/mol. The molecule has 1 aliphatic heterocycles. The third-order valence-corrected chi connectivity index (χ3v) is 1.94. The zero-order valence-corrected chi connectivity index (χ0v) is 6.71. The predicted octanol–water partition coefficient (Wildman–Crippen LogP) is -1.20. The van der Waals surface area contributed by atoms with Gasteiger partial charge in [-0.3, -0.25) is 4.79 Å². The van der Waals surface area contributed by atoms with Crippen LogP contribution in [0.4, 0.5) is 0 Å². The highest BCUT2D eigenvalue weighted by atomic mass is 16.3. The van der Waals surface area contributed by atoms with E-state index in [2.05, 4.69) is 5.32 Å². The van der Waals surface area contributed by atoms with Gasteiger partial charge in [0.2, 0.25) is 5.91 Å². The molecule has 0 bridgehead atoms. The third-order valence-electron chi connectivity index (χ3n) is 1.94. The fourth-order valence-corrected chi connectivity index (χ4v) is 1.20. The lowest BCUT2D eigenvalue weighted by Crippen LogP contribution is -2.55. The van der Waals surface area contributed by atoms with E-state index in [9.17, 15) is 4.79 Å². The average molecular weight is 158 g/mol. The van der Waals surface area contributed by atoms with Crippen LogP contribution in [-0.4, -0.2) is 48.2 Å². The standard InChI is InChI=1S/C7H14N2O2/c1-2-9-4-6(5-10)8-3-7(9)11/h6,8,10H,2-5H2,1H3. The number of nitrogens with one attached hydrogen (secondary N) is 1. The summed E-state index contributed by atoms with van der Waals surface area (Å²) in [6.07, 6.45) is 0. The first-order chi connectivity index (χ1) is 5.27. The number of amides is 1. The van der Waals surface area contributed by atoms with Gasteiger partial charge in [0.1, 0.15) is 0 Å². The quantitative estimate of drug-likeness (QED) is 0.530. The molecule has 0 aromatic carbocycles. The van der Waals surface area contributed by atoms with Crippen LogP contribution in [0.15, 0.2) is 0 Å². The lowest BCUT2D eigenvalue weighted by atomic mass is 10.2. The van der Waals surface area contributed by atoms with Gasteiger partial charge in [0.25, 0.3) is 0 Å². The number of hydrogen-bond donors (Lipinski definition) is 2. The maximum Gasteiger partial charge on any atom is 0.236 e. The number of aliphatic hydroxyl groups excluding tert-OH is 1. The molecule has 1 heterocycles. The van der Waals surface area contributed by atoms with Crippen molar-refractivity contribution in [2.24, 2.45) is 0 Å². The first-order valence-electron chi connectivity index (χ1n) is 3.90. The lowest BCUT2D eigenvalue weighted by Gasteiger charge is -2.31. The van der Waals surface area contributed by atoms with Crippen LogP contribution in [0.25, 0.3) is 0 Å². The van der Waals surface area contributed by atoms with Crippen LogP contribution in [0.5, 0.6) is 0 Å². The first-order valence-corrected chi connectivity index (χ1v) is 3.90. The van der Waals surface area contributed by atoms with Gasteiger partial charge >= 0.3 is 0 Å². The van der Waals surface area contributed by atoms with Gasteiger partial charge < -0.3 is 15.3 Å². The minimum Gasteiger partial charge on any atom is -0.395 e. The van der Waals surface area contributed by atoms with Crippen molar-refractivity contribution in [3.8, 4) is 0 Å². The van der Waals surface area contributed by atoms with Crippen molar-refractivity contribution in [2.45, 2.75) is 13.0 Å². The van der Waals surface area contributed by atoms with Crippen LogP contribution >= 0.6 is 0 Å². The van der Waals surface area contributed by atoms with Gasteiger partial charge in [-0.15, -0.1) is 0 Å². The van der Waals surface area contributed by atoms with Crippen LogP contribution in [0, 0.1) is 0 Å². The van der Waals surface area contributed by atoms with E-state index < -0.39 is 0 Å². The Hall–Kier alpha value is -0.610. The van der Waals surface area contributed by atoms with Gasteiger partial charge in [0, 0.05) is 19.1 Å². The van der Waals surface area contributed by atoms with Crippen LogP contribution < -0.4 is 5.32 Å². The molecule has 0 aromatic heterocycles. The number of rotatable bonds is 2. The van der Waals surface area contributed by atoms with Crippen molar-refractivity contribution >= 4 is 5.91 Å². The van der Waals surface area contributed by atoms with Gasteiger partial charge in [-0.25, -0.2) is 0 Å². The third kappa shape index (κ3) is 1.91. The molecule has 0 saturated carbocycles. The van der Waals surface area contributed by atoms with E-state index in [-0.39, 0.29) is 18.6 Å². The summed E-state index contributed by atoms with van der Waals surface area (Å²) in [5, 5.41) is 11.7. The Morgan fingerprint density at radius 1 is 1.82 bits per heavy atom. The second-order valence-electron chi connectivity index (χ2n) is 2.69. The van der Waals surface area contributed by atoms with E-state index in [0.717, 1.165) is 6.54 Å². The van der Waals surface area contributed by atoms with Crippen LogP contribution in [0.3, 0.4) is 0 Å². The van der Waals surface area contributed by atoms with E-state index in [1.54, 1.807) is 4.90 Å². The van der Waals surface area contributed by atoms with Gasteiger partial charge in [0.05, 0.1) is 13.2 Å². The largest absolute Gasteiger partial charge is 0.395 e. The van der Waals surface area contributed by atoms with Crippen molar-refractivity contribution < 1.29 is 9.90 Å². The summed E-state index contributed by atoms with van der Waals surface area (Å²) in [5.41, 5.74) is 0. The Morgan fingerprint density at radius 3 is 3.09 bits per heavy atom. The normalized spacial score (nSPS) is 25.8. The summed E-state index contributed by atoms with van der Waals surface area (Å²) in [6, 6.07) is 0.0626. The van der Waals surface area contributed by atoms with Crippen LogP contribution in [0.1, 0.15) is 6.92 Å². The Balaban J connectivity index is 2.44. The number of piperazine rings is 1. The van der Waals surface area contributed by atoms with Crippen molar-refractivity contribution in [3.63, 3.8) is 0 Å². The molecule has 1 unspecified atom stereocenters. The Kier molecular flexibility index (Phi) is 2.84. The number of hydrogen-bond acceptors (Lipinski definition) is 3. The van der Waals surface area contributed by atoms with Crippen LogP contribution in [0.2, 0.25) is 0 Å². The van der Waals surface area contributed by atoms with Crippen molar-refractivity contribution in [1.82, 2.24) is 10.2 Å². The molecule has 0 spiro atoms. The highest BCUT2D eigenvalue weighted by molar-refractivity contribution is 5.79. The second kappa shape index (κ2) is 3.69. The summed E-state index contributed by atoms with van der Waals surface area (Å²) >= 11 is 0. The number of likely N-dealkylation sites (N-methyl/N-ethyl adjacent to an activating group) is 1. The molecule has 64 valence electrons. The highest BCUT2D eigenvalue weighted by Crippen LogP contribution is 1.98. The zero-order chi connectivity index (χ0) is 8.27. The summed E-state index contributed by atoms with van der Waals surface area (Å²) in [4.78, 5) is 12.8. The fourth-order valence-electron chi connectivity index (χ4n) is 1.20. The number of nitrogens with zero attached hydrogens (tertiary/aromatic N) is 1. The molecule has 0 radical (unpaired) electrons. The summed E-state index contributed by atoms with van der Waals surface area (Å²) in [7, 11) is 0. The van der Waals surface area contributed by atoms with Crippen molar-refractivity contribution in [1.29, 1.82) is 0 Å². The van der Waals surface area contributed by atoms with Gasteiger partial charge in [-0.2, -0.15) is 0 Å². The zero-order valence-electron chi connectivity index (χ0n) is 6.71. The SMILES string of the molecule is CCN1CC(CO)NCC1=O. The molecule has 1 rings (SSSR count). The molecule has 1 saturated heterocycles. The van der Waals surface area contributed by atoms with Gasteiger partial charge in [-0.05, 0) is 6.92 Å². The minimum absolute atomic E-state index is 0.0626. The molecule has 1 atom stereocenters. The Labute approximate surface area is 66.2 Å². The molecule has 0 aliphatic carbocycles. The topological polar surface area (TPSA) is 52.6 Å². The van der Waals surface area contributed by atoms with E-state index in [0.29, 0.717) is 13.1 Å². The minimum atomic E-state index is 0.0626. The molecule has 1 fully saturated rings. The highest BCUT2D eigenvalue weighted by Gasteiger charge is 2.22. The number of carbonyl (C=O) groups excluding carboxylic acids is 1. The molecule has 1 amide bonds. The maximum atomic E-state index is 11.1. The van der Waals surface area contributed by atoms with E-state index in [1.807, 2.05) is 6.92 Å². The van der Waals surface area contributed by atoms with E-state index >= 15 is 0 Å². The van der Waals surface area contributed by atoms with Crippen LogP contribution in [-0.2, 0) is 4.79 Å². The van der Waals surface area contributed by atoms with Crippen molar-refractivity contribution in [2.75, 3.05) is 26.2 Å². The fraction of sp³-hybridized carbons (Fsp3) is 0.857. The molecular formula is C7H14N2O2. The Morgan fingerprint density at radius 2 is 2.55 bits per heavy atom.